The van der Waals surface area contributed by atoms with Crippen LogP contribution in [0.1, 0.15) is 5.82 Å². The zero-order valence-corrected chi connectivity index (χ0v) is 15.7. The summed E-state index contributed by atoms with van der Waals surface area (Å²) in [6.07, 6.45) is 1.60. The number of para-hydroxylation sites is 2. The second-order valence-electron chi connectivity index (χ2n) is 5.73. The van der Waals surface area contributed by atoms with Crippen LogP contribution >= 0.6 is 23.4 Å². The lowest BCUT2D eigenvalue weighted by Gasteiger charge is -2.07. The van der Waals surface area contributed by atoms with Crippen molar-refractivity contribution >= 4 is 40.3 Å². The van der Waals surface area contributed by atoms with E-state index in [4.69, 9.17) is 11.6 Å². The number of hydrogen-bond acceptors (Lipinski definition) is 5. The van der Waals surface area contributed by atoms with Crippen molar-refractivity contribution < 1.29 is 4.79 Å². The van der Waals surface area contributed by atoms with Gasteiger partial charge in [0, 0.05) is 5.02 Å². The van der Waals surface area contributed by atoms with Crippen LogP contribution in [0.15, 0.2) is 60.0 Å². The molecule has 0 unspecified atom stereocenters. The lowest BCUT2D eigenvalue weighted by atomic mass is 10.3. The van der Waals surface area contributed by atoms with Crippen molar-refractivity contribution in [1.82, 2.24) is 30.0 Å². The third-order valence-corrected chi connectivity index (χ3v) is 5.00. The number of hydrogen-bond donors (Lipinski definition) is 2. The lowest BCUT2D eigenvalue weighted by Crippen LogP contribution is -2.25. The van der Waals surface area contributed by atoms with Gasteiger partial charge in [0.1, 0.15) is 12.2 Å². The number of benzene rings is 2. The van der Waals surface area contributed by atoms with E-state index in [1.54, 1.807) is 17.0 Å². The number of aromatic nitrogens is 5. The summed E-state index contributed by atoms with van der Waals surface area (Å²) in [4.78, 5) is 19.8. The third kappa shape index (κ3) is 4.12. The van der Waals surface area contributed by atoms with Crippen LogP contribution < -0.4 is 5.32 Å². The summed E-state index contributed by atoms with van der Waals surface area (Å²) in [6.45, 7) is 0.342. The molecule has 0 fully saturated rings. The number of nitrogens with one attached hydrogen (secondary N) is 2. The van der Waals surface area contributed by atoms with Gasteiger partial charge in [-0.3, -0.25) is 9.36 Å². The van der Waals surface area contributed by atoms with Gasteiger partial charge in [0.15, 0.2) is 5.16 Å². The maximum Gasteiger partial charge on any atom is 0.230 e. The van der Waals surface area contributed by atoms with Crippen LogP contribution in [0.5, 0.6) is 0 Å². The summed E-state index contributed by atoms with van der Waals surface area (Å²) in [5.41, 5.74) is 2.68. The molecule has 2 N–H and O–H groups in total. The van der Waals surface area contributed by atoms with Gasteiger partial charge in [-0.15, -0.1) is 10.2 Å². The van der Waals surface area contributed by atoms with Gasteiger partial charge >= 0.3 is 0 Å². The molecule has 136 valence electrons. The molecule has 0 aliphatic carbocycles. The van der Waals surface area contributed by atoms with E-state index in [1.807, 2.05) is 42.5 Å². The molecule has 0 bridgehead atoms. The van der Waals surface area contributed by atoms with E-state index in [1.165, 1.54) is 11.8 Å². The largest absolute Gasteiger partial charge is 0.348 e. The molecule has 0 saturated carbocycles. The second kappa shape index (κ2) is 7.81. The Kier molecular flexibility index (Phi) is 5.08. The van der Waals surface area contributed by atoms with Crippen molar-refractivity contribution in [2.24, 2.45) is 0 Å². The number of imidazole rings is 1. The first-order valence-electron chi connectivity index (χ1n) is 8.18. The van der Waals surface area contributed by atoms with Crippen molar-refractivity contribution in [2.75, 3.05) is 5.75 Å². The molecule has 9 heteroatoms. The maximum atomic E-state index is 12.2. The second-order valence-corrected chi connectivity index (χ2v) is 7.11. The number of amides is 1. The highest BCUT2D eigenvalue weighted by molar-refractivity contribution is 7.99. The van der Waals surface area contributed by atoms with Gasteiger partial charge in [-0.25, -0.2) is 4.98 Å². The van der Waals surface area contributed by atoms with Gasteiger partial charge in [0.2, 0.25) is 5.91 Å². The number of aromatic amines is 1. The van der Waals surface area contributed by atoms with Crippen LogP contribution in [-0.4, -0.2) is 36.4 Å². The van der Waals surface area contributed by atoms with Gasteiger partial charge in [-0.1, -0.05) is 41.6 Å². The Hall–Kier alpha value is -2.84. The van der Waals surface area contributed by atoms with Crippen molar-refractivity contribution in [1.29, 1.82) is 0 Å². The molecule has 0 aliphatic rings. The summed E-state index contributed by atoms with van der Waals surface area (Å²) in [6, 6.07) is 15.1. The van der Waals surface area contributed by atoms with Crippen LogP contribution in [0.25, 0.3) is 16.7 Å². The number of H-pyrrole nitrogens is 1. The normalized spacial score (nSPS) is 11.0. The van der Waals surface area contributed by atoms with E-state index >= 15 is 0 Å². The minimum Gasteiger partial charge on any atom is -0.348 e. The van der Waals surface area contributed by atoms with Crippen molar-refractivity contribution in [3.63, 3.8) is 0 Å². The fourth-order valence-electron chi connectivity index (χ4n) is 2.58. The van der Waals surface area contributed by atoms with Gasteiger partial charge in [-0.2, -0.15) is 0 Å². The summed E-state index contributed by atoms with van der Waals surface area (Å²) in [5, 5.41) is 12.1. The smallest absolute Gasteiger partial charge is 0.230 e. The SMILES string of the molecule is O=C(CSc1nncn1-c1cccc(Cl)c1)NCc1nc2ccccc2[nH]1. The van der Waals surface area contributed by atoms with Crippen molar-refractivity contribution in [3.05, 3.63) is 65.7 Å². The van der Waals surface area contributed by atoms with E-state index in [0.717, 1.165) is 22.5 Å². The molecule has 2 aromatic heterocycles. The molecule has 0 saturated heterocycles. The minimum atomic E-state index is -0.110. The fourth-order valence-corrected chi connectivity index (χ4v) is 3.52. The zero-order valence-electron chi connectivity index (χ0n) is 14.1. The van der Waals surface area contributed by atoms with Crippen LogP contribution in [0.3, 0.4) is 0 Å². The molecule has 2 heterocycles. The first kappa shape index (κ1) is 17.6. The Morgan fingerprint density at radius 1 is 1.22 bits per heavy atom. The standard InChI is InChI=1S/C18H15ClN6OS/c19-12-4-3-5-13(8-12)25-11-21-24-18(25)27-10-17(26)20-9-16-22-14-6-1-2-7-15(14)23-16/h1-8,11H,9-10H2,(H,20,26)(H,22,23). The summed E-state index contributed by atoms with van der Waals surface area (Å²) in [7, 11) is 0. The molecule has 0 spiro atoms. The molecule has 27 heavy (non-hydrogen) atoms. The number of carbonyl (C=O) groups is 1. The molecule has 0 atom stereocenters. The van der Waals surface area contributed by atoms with Crippen molar-refractivity contribution in [2.45, 2.75) is 11.7 Å². The first-order chi connectivity index (χ1) is 13.2. The Labute approximate surface area is 164 Å². The highest BCUT2D eigenvalue weighted by Crippen LogP contribution is 2.21. The maximum absolute atomic E-state index is 12.2. The number of halogens is 1. The summed E-state index contributed by atoms with van der Waals surface area (Å²) >= 11 is 7.34. The Balaban J connectivity index is 1.35. The Bertz CT molecular complexity index is 1060. The molecule has 0 radical (unpaired) electrons. The van der Waals surface area contributed by atoms with E-state index in [9.17, 15) is 4.79 Å². The summed E-state index contributed by atoms with van der Waals surface area (Å²) in [5.74, 6) is 0.831. The average Bonchev–Trinajstić information content (AvgIpc) is 3.31. The van der Waals surface area contributed by atoms with Gasteiger partial charge < -0.3 is 10.3 Å². The van der Waals surface area contributed by atoms with E-state index in [0.29, 0.717) is 16.7 Å². The lowest BCUT2D eigenvalue weighted by molar-refractivity contribution is -0.118. The molecule has 4 aromatic rings. The molecule has 7 nitrogen and oxygen atoms in total. The monoisotopic (exact) mass is 398 g/mol. The quantitative estimate of drug-likeness (QED) is 0.487. The predicted molar refractivity (Wildman–Crippen MR) is 105 cm³/mol. The van der Waals surface area contributed by atoms with E-state index in [-0.39, 0.29) is 11.7 Å². The summed E-state index contributed by atoms with van der Waals surface area (Å²) < 4.78 is 1.79. The number of rotatable bonds is 6. The number of thioether (sulfide) groups is 1. The molecular weight excluding hydrogens is 384 g/mol. The Morgan fingerprint density at radius 2 is 2.11 bits per heavy atom. The van der Waals surface area contributed by atoms with Gasteiger partial charge in [-0.05, 0) is 30.3 Å². The van der Waals surface area contributed by atoms with Gasteiger partial charge in [0.05, 0.1) is 29.0 Å². The predicted octanol–water partition coefficient (Wildman–Crippen LogP) is 3.21. The van der Waals surface area contributed by atoms with Crippen molar-refractivity contribution in [3.8, 4) is 5.69 Å². The van der Waals surface area contributed by atoms with Crippen LogP contribution in [0.4, 0.5) is 0 Å². The first-order valence-corrected chi connectivity index (χ1v) is 9.54. The van der Waals surface area contributed by atoms with E-state index < -0.39 is 0 Å². The van der Waals surface area contributed by atoms with Crippen LogP contribution in [-0.2, 0) is 11.3 Å². The van der Waals surface area contributed by atoms with Crippen LogP contribution in [0.2, 0.25) is 5.02 Å². The molecule has 4 rings (SSSR count). The fraction of sp³-hybridized carbons (Fsp3) is 0.111. The topological polar surface area (TPSA) is 88.5 Å². The molecule has 0 aliphatic heterocycles. The van der Waals surface area contributed by atoms with E-state index in [2.05, 4.69) is 25.5 Å². The van der Waals surface area contributed by atoms with Crippen LogP contribution in [0, 0.1) is 0 Å². The molecular formula is C18H15ClN6OS. The number of carbonyl (C=O) groups excluding carboxylic acids is 1. The highest BCUT2D eigenvalue weighted by atomic mass is 35.5. The Morgan fingerprint density at radius 3 is 2.96 bits per heavy atom. The third-order valence-electron chi connectivity index (χ3n) is 3.83. The van der Waals surface area contributed by atoms with Gasteiger partial charge in [0.25, 0.3) is 0 Å². The highest BCUT2D eigenvalue weighted by Gasteiger charge is 2.11. The minimum absolute atomic E-state index is 0.110. The number of fused-ring (bicyclic) bond motifs is 1. The average molecular weight is 399 g/mol. The molecule has 2 aromatic carbocycles. The number of nitrogens with zero attached hydrogens (tertiary/aromatic N) is 4. The molecule has 1 amide bonds. The zero-order chi connectivity index (χ0) is 18.6.